The molecule has 0 spiro atoms. The Hall–Kier alpha value is -0.0800. The second-order valence-electron chi connectivity index (χ2n) is 5.60. The molecule has 1 unspecified atom stereocenters. The van der Waals surface area contributed by atoms with Crippen molar-refractivity contribution in [3.8, 4) is 0 Å². The lowest BCUT2D eigenvalue weighted by Gasteiger charge is -2.34. The smallest absolute Gasteiger partial charge is 0.0907 e. The van der Waals surface area contributed by atoms with Crippen LogP contribution in [0.4, 0.5) is 0 Å². The van der Waals surface area contributed by atoms with Gasteiger partial charge in [-0.3, -0.25) is 0 Å². The second-order valence-corrected chi connectivity index (χ2v) is 5.60. The quantitative estimate of drug-likeness (QED) is 0.751. The third-order valence-corrected chi connectivity index (χ3v) is 4.51. The maximum atomic E-state index is 10.5. The van der Waals surface area contributed by atoms with Crippen molar-refractivity contribution in [1.82, 2.24) is 0 Å². The normalized spacial score (nSPS) is 28.4. The van der Waals surface area contributed by atoms with Gasteiger partial charge in [-0.1, -0.05) is 38.5 Å². The Bertz CT molecular complexity index is 193. The van der Waals surface area contributed by atoms with Crippen molar-refractivity contribution in [2.45, 2.75) is 63.4 Å². The molecule has 2 aliphatic rings. The summed E-state index contributed by atoms with van der Waals surface area (Å²) in [4.78, 5) is 0. The van der Waals surface area contributed by atoms with Gasteiger partial charge in [-0.2, -0.15) is 0 Å². The molecule has 1 atom stereocenters. The molecule has 2 saturated carbocycles. The van der Waals surface area contributed by atoms with Crippen molar-refractivity contribution >= 4 is 0 Å². The molecule has 0 aromatic heterocycles. The summed E-state index contributed by atoms with van der Waals surface area (Å²) in [6, 6.07) is 0. The van der Waals surface area contributed by atoms with Gasteiger partial charge in [-0.25, -0.2) is 0 Å². The summed E-state index contributed by atoms with van der Waals surface area (Å²) in [7, 11) is 0. The highest BCUT2D eigenvalue weighted by Gasteiger charge is 2.39. The van der Waals surface area contributed by atoms with Crippen LogP contribution in [0, 0.1) is 11.8 Å². The zero-order chi connectivity index (χ0) is 10.7. The molecular formula is C13H24O2. The van der Waals surface area contributed by atoms with E-state index >= 15 is 0 Å². The second kappa shape index (κ2) is 4.84. The minimum absolute atomic E-state index is 0.0336. The minimum atomic E-state index is -0.758. The van der Waals surface area contributed by atoms with Gasteiger partial charge in [-0.05, 0) is 31.1 Å². The van der Waals surface area contributed by atoms with Gasteiger partial charge in [-0.15, -0.1) is 0 Å². The van der Waals surface area contributed by atoms with E-state index < -0.39 is 5.60 Å². The maximum Gasteiger partial charge on any atom is 0.0907 e. The molecule has 2 fully saturated rings. The van der Waals surface area contributed by atoms with E-state index in [0.717, 1.165) is 19.3 Å². The fourth-order valence-corrected chi connectivity index (χ4v) is 3.54. The number of rotatable bonds is 4. The summed E-state index contributed by atoms with van der Waals surface area (Å²) in [6.07, 6.45) is 10.7. The van der Waals surface area contributed by atoms with Crippen LogP contribution < -0.4 is 0 Å². The van der Waals surface area contributed by atoms with Gasteiger partial charge in [0.2, 0.25) is 0 Å². The first-order chi connectivity index (χ1) is 7.24. The molecule has 0 aliphatic heterocycles. The van der Waals surface area contributed by atoms with E-state index in [9.17, 15) is 10.2 Å². The van der Waals surface area contributed by atoms with Gasteiger partial charge in [0.25, 0.3) is 0 Å². The molecule has 0 bridgehead atoms. The van der Waals surface area contributed by atoms with E-state index in [1.807, 2.05) is 0 Å². The number of aliphatic hydroxyl groups is 2. The summed E-state index contributed by atoms with van der Waals surface area (Å²) in [5.41, 5.74) is -0.758. The van der Waals surface area contributed by atoms with Crippen molar-refractivity contribution in [2.75, 3.05) is 6.61 Å². The zero-order valence-electron chi connectivity index (χ0n) is 9.62. The summed E-state index contributed by atoms with van der Waals surface area (Å²) in [5, 5.41) is 20.0. The highest BCUT2D eigenvalue weighted by Crippen LogP contribution is 2.40. The van der Waals surface area contributed by atoms with Crippen LogP contribution in [0.1, 0.15) is 57.8 Å². The Balaban J connectivity index is 1.93. The molecule has 2 aliphatic carbocycles. The van der Waals surface area contributed by atoms with Crippen molar-refractivity contribution < 1.29 is 10.2 Å². The Kier molecular flexibility index (Phi) is 3.68. The molecule has 0 amide bonds. The Morgan fingerprint density at radius 1 is 0.933 bits per heavy atom. The third-order valence-electron chi connectivity index (χ3n) is 4.51. The lowest BCUT2D eigenvalue weighted by molar-refractivity contribution is -0.0761. The molecule has 2 nitrogen and oxygen atoms in total. The highest BCUT2D eigenvalue weighted by molar-refractivity contribution is 4.91. The standard InChI is InChI=1S/C13H24O2/c14-10-13(15,12-7-3-4-8-12)9-11-5-1-2-6-11/h11-12,14-15H,1-10H2. The molecule has 15 heavy (non-hydrogen) atoms. The molecule has 2 N–H and O–H groups in total. The first kappa shape index (κ1) is 11.4. The summed E-state index contributed by atoms with van der Waals surface area (Å²) >= 11 is 0. The lowest BCUT2D eigenvalue weighted by Crippen LogP contribution is -2.42. The van der Waals surface area contributed by atoms with Crippen LogP contribution >= 0.6 is 0 Å². The van der Waals surface area contributed by atoms with Gasteiger partial charge >= 0.3 is 0 Å². The molecule has 0 heterocycles. The molecule has 2 heteroatoms. The first-order valence-electron chi connectivity index (χ1n) is 6.58. The number of hydrogen-bond acceptors (Lipinski definition) is 2. The van der Waals surface area contributed by atoms with Gasteiger partial charge in [0.05, 0.1) is 12.2 Å². The van der Waals surface area contributed by atoms with E-state index in [1.54, 1.807) is 0 Å². The molecule has 0 radical (unpaired) electrons. The van der Waals surface area contributed by atoms with Crippen molar-refractivity contribution in [3.05, 3.63) is 0 Å². The average Bonchev–Trinajstić information content (AvgIpc) is 2.89. The first-order valence-corrected chi connectivity index (χ1v) is 6.58. The Morgan fingerprint density at radius 3 is 2.00 bits per heavy atom. The predicted octanol–water partition coefficient (Wildman–Crippen LogP) is 2.48. The van der Waals surface area contributed by atoms with Crippen molar-refractivity contribution in [1.29, 1.82) is 0 Å². The van der Waals surface area contributed by atoms with Crippen LogP contribution in [0.15, 0.2) is 0 Å². The van der Waals surface area contributed by atoms with E-state index in [1.165, 1.54) is 38.5 Å². The largest absolute Gasteiger partial charge is 0.393 e. The molecule has 0 saturated heterocycles. The number of aliphatic hydroxyl groups excluding tert-OH is 1. The monoisotopic (exact) mass is 212 g/mol. The summed E-state index contributed by atoms with van der Waals surface area (Å²) in [6.45, 7) is -0.0336. The minimum Gasteiger partial charge on any atom is -0.393 e. The lowest BCUT2D eigenvalue weighted by atomic mass is 9.79. The van der Waals surface area contributed by atoms with Gasteiger partial charge in [0.1, 0.15) is 0 Å². The van der Waals surface area contributed by atoms with E-state index in [2.05, 4.69) is 0 Å². The average molecular weight is 212 g/mol. The Morgan fingerprint density at radius 2 is 1.47 bits per heavy atom. The van der Waals surface area contributed by atoms with Crippen LogP contribution in [0.2, 0.25) is 0 Å². The van der Waals surface area contributed by atoms with Gasteiger partial charge in [0.15, 0.2) is 0 Å². The van der Waals surface area contributed by atoms with E-state index in [4.69, 9.17) is 0 Å². The predicted molar refractivity (Wildman–Crippen MR) is 60.6 cm³/mol. The maximum absolute atomic E-state index is 10.5. The molecule has 88 valence electrons. The zero-order valence-corrected chi connectivity index (χ0v) is 9.62. The third kappa shape index (κ3) is 2.54. The fourth-order valence-electron chi connectivity index (χ4n) is 3.54. The SMILES string of the molecule is OCC(O)(CC1CCCC1)C1CCCC1. The molecular weight excluding hydrogens is 188 g/mol. The molecule has 2 rings (SSSR count). The summed E-state index contributed by atoms with van der Waals surface area (Å²) < 4.78 is 0. The van der Waals surface area contributed by atoms with Crippen molar-refractivity contribution in [3.63, 3.8) is 0 Å². The fraction of sp³-hybridized carbons (Fsp3) is 1.00. The topological polar surface area (TPSA) is 40.5 Å². The van der Waals surface area contributed by atoms with Crippen molar-refractivity contribution in [2.24, 2.45) is 11.8 Å². The van der Waals surface area contributed by atoms with E-state index in [-0.39, 0.29) is 6.61 Å². The van der Waals surface area contributed by atoms with Gasteiger partial charge < -0.3 is 10.2 Å². The Labute approximate surface area is 92.7 Å². The highest BCUT2D eigenvalue weighted by atomic mass is 16.3. The molecule has 0 aromatic carbocycles. The molecule has 0 aromatic rings. The van der Waals surface area contributed by atoms with E-state index in [0.29, 0.717) is 11.8 Å². The van der Waals surface area contributed by atoms with Crippen LogP contribution in [0.25, 0.3) is 0 Å². The van der Waals surface area contributed by atoms with Gasteiger partial charge in [0, 0.05) is 0 Å². The number of hydrogen-bond donors (Lipinski definition) is 2. The van der Waals surface area contributed by atoms with Crippen LogP contribution in [0.3, 0.4) is 0 Å². The van der Waals surface area contributed by atoms with Crippen LogP contribution in [0.5, 0.6) is 0 Å². The summed E-state index contributed by atoms with van der Waals surface area (Å²) in [5.74, 6) is 1.03. The van der Waals surface area contributed by atoms with Crippen LogP contribution in [-0.4, -0.2) is 22.4 Å². The van der Waals surface area contributed by atoms with Crippen LogP contribution in [-0.2, 0) is 0 Å².